The van der Waals surface area contributed by atoms with Crippen LogP contribution in [0.4, 0.5) is 0 Å². The largest absolute Gasteiger partial charge is 0.495 e. The van der Waals surface area contributed by atoms with Crippen molar-refractivity contribution in [1.82, 2.24) is 14.7 Å². The third kappa shape index (κ3) is 7.95. The van der Waals surface area contributed by atoms with Gasteiger partial charge in [0.05, 0.1) is 31.6 Å². The summed E-state index contributed by atoms with van der Waals surface area (Å²) in [6.07, 6.45) is 8.28. The lowest BCUT2D eigenvalue weighted by Crippen LogP contribution is -2.21. The van der Waals surface area contributed by atoms with Gasteiger partial charge in [-0.3, -0.25) is 14.8 Å². The van der Waals surface area contributed by atoms with E-state index in [1.807, 2.05) is 6.07 Å². The lowest BCUT2D eigenvalue weighted by molar-refractivity contribution is 0.112. The topological polar surface area (TPSA) is 155 Å². The number of carbonyl (C=O) groups is 1. The van der Waals surface area contributed by atoms with Gasteiger partial charge in [0.2, 0.25) is 10.0 Å². The van der Waals surface area contributed by atoms with Crippen LogP contribution in [0, 0.1) is 22.7 Å². The highest BCUT2D eigenvalue weighted by atomic mass is 32.2. The molecule has 0 saturated carbocycles. The first-order valence-corrected chi connectivity index (χ1v) is 13.6. The van der Waals surface area contributed by atoms with E-state index >= 15 is 0 Å². The Bertz CT molecular complexity index is 1710. The summed E-state index contributed by atoms with van der Waals surface area (Å²) in [5, 5.41) is 17.9. The van der Waals surface area contributed by atoms with Gasteiger partial charge in [0.25, 0.3) is 0 Å². The Hall–Kier alpha value is -5.10. The van der Waals surface area contributed by atoms with Crippen LogP contribution >= 0.6 is 0 Å². The van der Waals surface area contributed by atoms with Gasteiger partial charge in [-0.05, 0) is 53.1 Å². The molecule has 4 rings (SSSR count). The molecular weight excluding hydrogens is 530 g/mol. The van der Waals surface area contributed by atoms with Gasteiger partial charge in [0.15, 0.2) is 6.29 Å². The third-order valence-electron chi connectivity index (χ3n) is 5.54. The lowest BCUT2D eigenvalue weighted by Gasteiger charge is -2.08. The quantitative estimate of drug-likeness (QED) is 0.316. The zero-order valence-corrected chi connectivity index (χ0v) is 22.8. The second-order valence-corrected chi connectivity index (χ2v) is 10.2. The Morgan fingerprint density at radius 2 is 1.32 bits per heavy atom. The number of sulfonamides is 1. The van der Waals surface area contributed by atoms with Gasteiger partial charge in [-0.25, -0.2) is 13.1 Å². The first kappa shape index (κ1) is 29.5. The third-order valence-corrected chi connectivity index (χ3v) is 6.21. The van der Waals surface area contributed by atoms with Gasteiger partial charge in [-0.1, -0.05) is 12.1 Å². The molecule has 4 aromatic rings. The van der Waals surface area contributed by atoms with Crippen molar-refractivity contribution in [3.63, 3.8) is 0 Å². The molecule has 40 heavy (non-hydrogen) atoms. The Morgan fingerprint density at radius 3 is 1.80 bits per heavy atom. The Balaban J connectivity index is 0.000000225. The molecule has 0 radical (unpaired) electrons. The molecule has 0 unspecified atom stereocenters. The van der Waals surface area contributed by atoms with Gasteiger partial charge in [0, 0.05) is 48.0 Å². The first-order valence-electron chi connectivity index (χ1n) is 11.7. The van der Waals surface area contributed by atoms with Gasteiger partial charge in [-0.15, -0.1) is 0 Å². The van der Waals surface area contributed by atoms with E-state index in [4.69, 9.17) is 20.0 Å². The van der Waals surface area contributed by atoms with Crippen molar-refractivity contribution >= 4 is 16.3 Å². The second kappa shape index (κ2) is 13.6. The normalized spacial score (nSPS) is 10.3. The summed E-state index contributed by atoms with van der Waals surface area (Å²) >= 11 is 0. The van der Waals surface area contributed by atoms with Crippen molar-refractivity contribution in [3.05, 3.63) is 95.6 Å². The molecule has 0 spiro atoms. The zero-order valence-electron chi connectivity index (χ0n) is 22.0. The Morgan fingerprint density at radius 1 is 0.800 bits per heavy atom. The highest BCUT2D eigenvalue weighted by molar-refractivity contribution is 7.88. The fourth-order valence-corrected chi connectivity index (χ4v) is 3.99. The summed E-state index contributed by atoms with van der Waals surface area (Å²) in [4.78, 5) is 18.8. The number of nitrogens with one attached hydrogen (secondary N) is 1. The lowest BCUT2D eigenvalue weighted by atomic mass is 10.0. The first-order chi connectivity index (χ1) is 19.2. The number of hydrogen-bond acceptors (Lipinski definition) is 9. The van der Waals surface area contributed by atoms with E-state index in [0.29, 0.717) is 28.2 Å². The van der Waals surface area contributed by atoms with Crippen molar-refractivity contribution in [2.24, 2.45) is 0 Å². The molecule has 0 aliphatic carbocycles. The SMILES string of the molecule is COc1cc(-c2cncc(C=O)c2)ccc1C#N.COc1cc(-c2cncc(CNS(C)(=O)=O)c2)ccc1C#N. The maximum atomic E-state index is 11.1. The Kier molecular flexibility index (Phi) is 10.0. The van der Waals surface area contributed by atoms with E-state index < -0.39 is 10.0 Å². The van der Waals surface area contributed by atoms with Crippen LogP contribution in [0.25, 0.3) is 22.3 Å². The van der Waals surface area contributed by atoms with E-state index in [0.717, 1.165) is 40.4 Å². The smallest absolute Gasteiger partial charge is 0.209 e. The maximum absolute atomic E-state index is 11.1. The number of hydrogen-bond donors (Lipinski definition) is 1. The van der Waals surface area contributed by atoms with Crippen LogP contribution in [0.3, 0.4) is 0 Å². The predicted octanol–water partition coefficient (Wildman–Crippen LogP) is 4.12. The fourth-order valence-electron chi connectivity index (χ4n) is 3.56. The van der Waals surface area contributed by atoms with Crippen molar-refractivity contribution < 1.29 is 22.7 Å². The molecule has 2 aromatic heterocycles. The van der Waals surface area contributed by atoms with E-state index in [2.05, 4.69) is 26.8 Å². The van der Waals surface area contributed by atoms with Gasteiger partial charge in [0.1, 0.15) is 23.6 Å². The number of nitrogens with zero attached hydrogens (tertiary/aromatic N) is 4. The summed E-state index contributed by atoms with van der Waals surface area (Å²) < 4.78 is 35.0. The second-order valence-electron chi connectivity index (χ2n) is 8.35. The molecule has 0 aliphatic rings. The molecule has 202 valence electrons. The van der Waals surface area contributed by atoms with Crippen molar-refractivity contribution in [1.29, 1.82) is 10.5 Å². The maximum Gasteiger partial charge on any atom is 0.209 e. The summed E-state index contributed by atoms with van der Waals surface area (Å²) in [7, 11) is -0.235. The highest BCUT2D eigenvalue weighted by Gasteiger charge is 2.08. The van der Waals surface area contributed by atoms with Crippen LogP contribution < -0.4 is 14.2 Å². The predicted molar refractivity (Wildman–Crippen MR) is 149 cm³/mol. The minimum absolute atomic E-state index is 0.174. The van der Waals surface area contributed by atoms with Crippen molar-refractivity contribution in [2.75, 3.05) is 20.5 Å². The van der Waals surface area contributed by atoms with Gasteiger partial charge in [-0.2, -0.15) is 10.5 Å². The monoisotopic (exact) mass is 555 g/mol. The molecule has 11 heteroatoms. The van der Waals surface area contributed by atoms with E-state index in [-0.39, 0.29) is 6.54 Å². The van der Waals surface area contributed by atoms with Crippen LogP contribution in [-0.2, 0) is 16.6 Å². The fraction of sp³-hybridized carbons (Fsp3) is 0.138. The summed E-state index contributed by atoms with van der Waals surface area (Å²) in [5.74, 6) is 0.992. The van der Waals surface area contributed by atoms with Crippen molar-refractivity contribution in [3.8, 4) is 45.9 Å². The molecule has 2 aromatic carbocycles. The summed E-state index contributed by atoms with van der Waals surface area (Å²) in [6.45, 7) is 0.174. The number of nitriles is 2. The molecule has 0 aliphatic heterocycles. The average molecular weight is 556 g/mol. The molecule has 2 heterocycles. The number of rotatable bonds is 8. The van der Waals surface area contributed by atoms with Crippen LogP contribution in [0.2, 0.25) is 0 Å². The number of carbonyl (C=O) groups excluding carboxylic acids is 1. The van der Waals surface area contributed by atoms with Crippen LogP contribution in [0.5, 0.6) is 11.5 Å². The molecular formula is C29H25N5O5S. The zero-order chi connectivity index (χ0) is 29.1. The van der Waals surface area contributed by atoms with E-state index in [1.165, 1.54) is 20.4 Å². The molecule has 0 bridgehead atoms. The highest BCUT2D eigenvalue weighted by Crippen LogP contribution is 2.28. The van der Waals surface area contributed by atoms with Gasteiger partial charge < -0.3 is 9.47 Å². The standard InChI is InChI=1S/C15H15N3O3S.C14H10N2O2/c1-21-15-6-12(3-4-13(15)7-16)14-5-11(8-17-10-14)9-18-22(2,19)20;1-18-14-5-11(2-3-12(14)6-15)13-4-10(9-17)7-16-8-13/h3-6,8,10,18H,9H2,1-2H3;2-5,7-9H,1H3. The Labute approximate surface area is 232 Å². The number of methoxy groups -OCH3 is 2. The number of aldehydes is 1. The number of pyridine rings is 2. The minimum atomic E-state index is -3.25. The average Bonchev–Trinajstić information content (AvgIpc) is 2.99. The van der Waals surface area contributed by atoms with Crippen molar-refractivity contribution in [2.45, 2.75) is 6.54 Å². The molecule has 1 N–H and O–H groups in total. The van der Waals surface area contributed by atoms with Crippen LogP contribution in [-0.4, -0.2) is 45.1 Å². The molecule has 0 saturated heterocycles. The van der Waals surface area contributed by atoms with Crippen LogP contribution in [0.15, 0.2) is 73.3 Å². The summed E-state index contributed by atoms with van der Waals surface area (Å²) in [6, 6.07) is 18.1. The van der Waals surface area contributed by atoms with Gasteiger partial charge >= 0.3 is 0 Å². The molecule has 0 amide bonds. The van der Waals surface area contributed by atoms with Crippen LogP contribution in [0.1, 0.15) is 27.0 Å². The van der Waals surface area contributed by atoms with E-state index in [1.54, 1.807) is 61.1 Å². The molecule has 0 fully saturated rings. The number of aromatic nitrogens is 2. The molecule has 0 atom stereocenters. The number of ether oxygens (including phenoxy) is 2. The molecule has 10 nitrogen and oxygen atoms in total. The van der Waals surface area contributed by atoms with E-state index in [9.17, 15) is 13.2 Å². The summed E-state index contributed by atoms with van der Waals surface area (Å²) in [5.41, 5.74) is 5.49. The minimum Gasteiger partial charge on any atom is -0.495 e. The number of benzene rings is 2.